The van der Waals surface area contributed by atoms with Gasteiger partial charge in [-0.15, -0.1) is 0 Å². The van der Waals surface area contributed by atoms with Gasteiger partial charge in [0.15, 0.2) is 0 Å². The number of hydrogen-bond acceptors (Lipinski definition) is 3. The second-order valence-corrected chi connectivity index (χ2v) is 6.78. The number of rotatable bonds is 4. The van der Waals surface area contributed by atoms with E-state index in [1.54, 1.807) is 0 Å². The molecule has 0 bridgehead atoms. The zero-order valence-corrected chi connectivity index (χ0v) is 14.7. The summed E-state index contributed by atoms with van der Waals surface area (Å²) >= 11 is 0. The molecule has 1 N–H and O–H groups in total. The van der Waals surface area contributed by atoms with Crippen LogP contribution in [0.2, 0.25) is 0 Å². The lowest BCUT2D eigenvalue weighted by Gasteiger charge is -2.37. The first-order chi connectivity index (χ1) is 12.1. The summed E-state index contributed by atoms with van der Waals surface area (Å²) in [5.41, 5.74) is 0. The van der Waals surface area contributed by atoms with E-state index in [4.69, 9.17) is 5.11 Å². The van der Waals surface area contributed by atoms with Crippen molar-refractivity contribution in [2.75, 3.05) is 32.7 Å². The van der Waals surface area contributed by atoms with Crippen LogP contribution in [0.5, 0.6) is 0 Å². The zero-order chi connectivity index (χ0) is 19.5. The Kier molecular flexibility index (Phi) is 6.35. The number of nitrogens with zero attached hydrogens (tertiary/aromatic N) is 3. The van der Waals surface area contributed by atoms with E-state index in [0.717, 1.165) is 4.90 Å². The summed E-state index contributed by atoms with van der Waals surface area (Å²) in [6.45, 7) is 2.58. The molecule has 0 radical (unpaired) electrons. The SMILES string of the molecule is C[C@H]1C(=O)N(CCCC(=O)N2CCC(C(F)(F)F)CC2)CCN1C(=O)O. The maximum absolute atomic E-state index is 12.6. The first kappa shape index (κ1) is 20.3. The van der Waals surface area contributed by atoms with Gasteiger partial charge >= 0.3 is 12.3 Å². The number of alkyl halides is 3. The lowest BCUT2D eigenvalue weighted by atomic mass is 9.96. The van der Waals surface area contributed by atoms with Crippen LogP contribution in [0.3, 0.4) is 0 Å². The predicted octanol–water partition coefficient (Wildman–Crippen LogP) is 1.78. The molecule has 0 aromatic carbocycles. The Labute approximate surface area is 149 Å². The monoisotopic (exact) mass is 379 g/mol. The van der Waals surface area contributed by atoms with Crippen molar-refractivity contribution in [3.05, 3.63) is 0 Å². The van der Waals surface area contributed by atoms with Crippen LogP contribution in [0.1, 0.15) is 32.6 Å². The Morgan fingerprint density at radius 2 is 1.77 bits per heavy atom. The third-order valence-corrected chi connectivity index (χ3v) is 5.12. The van der Waals surface area contributed by atoms with Crippen LogP contribution < -0.4 is 0 Å². The molecule has 3 amide bonds. The lowest BCUT2D eigenvalue weighted by molar-refractivity contribution is -0.186. The smallest absolute Gasteiger partial charge is 0.408 e. The molecular formula is C16H24F3N3O4. The van der Waals surface area contributed by atoms with E-state index >= 15 is 0 Å². The maximum atomic E-state index is 12.6. The minimum Gasteiger partial charge on any atom is -0.465 e. The minimum atomic E-state index is -4.20. The van der Waals surface area contributed by atoms with E-state index in [-0.39, 0.29) is 57.3 Å². The van der Waals surface area contributed by atoms with Crippen LogP contribution in [0.15, 0.2) is 0 Å². The Balaban J connectivity index is 1.72. The third-order valence-electron chi connectivity index (χ3n) is 5.12. The number of carbonyl (C=O) groups is 3. The van der Waals surface area contributed by atoms with Gasteiger partial charge in [0.05, 0.1) is 5.92 Å². The Bertz CT molecular complexity index is 547. The molecule has 0 aromatic rings. The van der Waals surface area contributed by atoms with Gasteiger partial charge in [0.2, 0.25) is 11.8 Å². The van der Waals surface area contributed by atoms with E-state index in [1.165, 1.54) is 16.7 Å². The molecule has 148 valence electrons. The van der Waals surface area contributed by atoms with Gasteiger partial charge in [0.1, 0.15) is 6.04 Å². The van der Waals surface area contributed by atoms with Gasteiger partial charge < -0.3 is 14.9 Å². The van der Waals surface area contributed by atoms with Gasteiger partial charge in [-0.05, 0) is 26.2 Å². The molecule has 0 unspecified atom stereocenters. The number of hydrogen-bond donors (Lipinski definition) is 1. The molecule has 2 saturated heterocycles. The number of piperidine rings is 1. The van der Waals surface area contributed by atoms with E-state index in [1.807, 2.05) is 0 Å². The molecule has 2 heterocycles. The highest BCUT2D eigenvalue weighted by Gasteiger charge is 2.41. The summed E-state index contributed by atoms with van der Waals surface area (Å²) in [6, 6.07) is -0.752. The van der Waals surface area contributed by atoms with Crippen LogP contribution in [-0.4, -0.2) is 82.7 Å². The predicted molar refractivity (Wildman–Crippen MR) is 85.4 cm³/mol. The van der Waals surface area contributed by atoms with Crippen LogP contribution in [0.4, 0.5) is 18.0 Å². The molecule has 0 aliphatic carbocycles. The van der Waals surface area contributed by atoms with E-state index in [2.05, 4.69) is 0 Å². The highest BCUT2D eigenvalue weighted by molar-refractivity contribution is 5.86. The zero-order valence-electron chi connectivity index (χ0n) is 14.7. The largest absolute Gasteiger partial charge is 0.465 e. The van der Waals surface area contributed by atoms with Crippen LogP contribution in [0.25, 0.3) is 0 Å². The molecule has 0 aromatic heterocycles. The fourth-order valence-electron chi connectivity index (χ4n) is 3.45. The lowest BCUT2D eigenvalue weighted by Crippen LogP contribution is -2.57. The Hall–Kier alpha value is -2.00. The maximum Gasteiger partial charge on any atom is 0.408 e. The van der Waals surface area contributed by atoms with Gasteiger partial charge in [-0.1, -0.05) is 0 Å². The van der Waals surface area contributed by atoms with Crippen molar-refractivity contribution < 1.29 is 32.7 Å². The average Bonchev–Trinajstić information content (AvgIpc) is 2.57. The second kappa shape index (κ2) is 8.13. The summed E-state index contributed by atoms with van der Waals surface area (Å²) in [5, 5.41) is 9.01. The topological polar surface area (TPSA) is 81.2 Å². The molecule has 2 fully saturated rings. The Morgan fingerprint density at radius 3 is 2.31 bits per heavy atom. The van der Waals surface area contributed by atoms with Gasteiger partial charge in [0.25, 0.3) is 0 Å². The van der Waals surface area contributed by atoms with Crippen molar-refractivity contribution in [1.29, 1.82) is 0 Å². The van der Waals surface area contributed by atoms with Gasteiger partial charge in [-0.25, -0.2) is 4.79 Å². The number of amides is 3. The third kappa shape index (κ3) is 4.79. The first-order valence-corrected chi connectivity index (χ1v) is 8.74. The highest BCUT2D eigenvalue weighted by atomic mass is 19.4. The van der Waals surface area contributed by atoms with Gasteiger partial charge in [-0.3, -0.25) is 14.5 Å². The Morgan fingerprint density at radius 1 is 1.15 bits per heavy atom. The summed E-state index contributed by atoms with van der Waals surface area (Å²) in [5.74, 6) is -1.83. The van der Waals surface area contributed by atoms with E-state index in [0.29, 0.717) is 13.0 Å². The number of halogens is 3. The molecule has 2 aliphatic heterocycles. The van der Waals surface area contributed by atoms with Crippen molar-refractivity contribution in [3.8, 4) is 0 Å². The fraction of sp³-hybridized carbons (Fsp3) is 0.812. The first-order valence-electron chi connectivity index (χ1n) is 8.74. The van der Waals surface area contributed by atoms with Crippen molar-refractivity contribution in [2.45, 2.75) is 44.8 Å². The molecule has 26 heavy (non-hydrogen) atoms. The highest BCUT2D eigenvalue weighted by Crippen LogP contribution is 2.34. The number of carboxylic acid groups (broad SMARTS) is 1. The van der Waals surface area contributed by atoms with Crippen molar-refractivity contribution in [1.82, 2.24) is 14.7 Å². The summed E-state index contributed by atoms with van der Waals surface area (Å²) in [7, 11) is 0. The molecule has 0 saturated carbocycles. The van der Waals surface area contributed by atoms with Crippen LogP contribution in [0, 0.1) is 5.92 Å². The van der Waals surface area contributed by atoms with Gasteiger partial charge in [0, 0.05) is 39.1 Å². The van der Waals surface area contributed by atoms with Crippen molar-refractivity contribution >= 4 is 17.9 Å². The summed E-state index contributed by atoms with van der Waals surface area (Å²) < 4.78 is 37.9. The summed E-state index contributed by atoms with van der Waals surface area (Å²) in [4.78, 5) is 39.4. The van der Waals surface area contributed by atoms with Gasteiger partial charge in [-0.2, -0.15) is 13.2 Å². The standard InChI is InChI=1S/C16H24F3N3O4/c1-11-14(24)21(9-10-22(11)15(25)26)6-2-3-13(23)20-7-4-12(5-8-20)16(17,18)19/h11-12H,2-10H2,1H3,(H,25,26)/t11-/m0/s1. The molecule has 10 heteroatoms. The molecule has 2 aliphatic rings. The quantitative estimate of drug-likeness (QED) is 0.807. The summed E-state index contributed by atoms with van der Waals surface area (Å²) in [6.07, 6.45) is -4.90. The van der Waals surface area contributed by atoms with Crippen molar-refractivity contribution in [3.63, 3.8) is 0 Å². The van der Waals surface area contributed by atoms with Crippen LogP contribution >= 0.6 is 0 Å². The molecule has 0 spiro atoms. The molecular weight excluding hydrogens is 355 g/mol. The molecule has 7 nitrogen and oxygen atoms in total. The minimum absolute atomic E-state index is 0.0671. The number of piperazine rings is 1. The number of likely N-dealkylation sites (tertiary alicyclic amines) is 1. The fourth-order valence-corrected chi connectivity index (χ4v) is 3.45. The average molecular weight is 379 g/mol. The van der Waals surface area contributed by atoms with E-state index in [9.17, 15) is 27.6 Å². The molecule has 2 rings (SSSR count). The van der Waals surface area contributed by atoms with Crippen LogP contribution in [-0.2, 0) is 9.59 Å². The number of carbonyl (C=O) groups excluding carboxylic acids is 2. The second-order valence-electron chi connectivity index (χ2n) is 6.78. The van der Waals surface area contributed by atoms with Crippen molar-refractivity contribution in [2.24, 2.45) is 5.92 Å². The molecule has 1 atom stereocenters. The van der Waals surface area contributed by atoms with E-state index < -0.39 is 24.2 Å². The normalized spacial score (nSPS) is 22.7.